The summed E-state index contributed by atoms with van der Waals surface area (Å²) < 4.78 is 0. The van der Waals surface area contributed by atoms with Crippen LogP contribution in [0.15, 0.2) is 53.3 Å². The zero-order valence-electron chi connectivity index (χ0n) is 36.0. The molecule has 5 amide bonds. The summed E-state index contributed by atoms with van der Waals surface area (Å²) in [6.07, 6.45) is 5.27. The highest BCUT2D eigenvalue weighted by Crippen LogP contribution is 2.31. The largest absolute Gasteiger partial charge is 0.404 e. The number of fused-ring (bicyclic) bond motifs is 1. The van der Waals surface area contributed by atoms with Gasteiger partial charge in [-0.2, -0.15) is 0 Å². The van der Waals surface area contributed by atoms with Crippen molar-refractivity contribution < 1.29 is 28.8 Å². The van der Waals surface area contributed by atoms with Gasteiger partial charge in [0.25, 0.3) is 23.3 Å². The molecule has 0 radical (unpaired) electrons. The van der Waals surface area contributed by atoms with E-state index in [0.717, 1.165) is 26.9 Å². The Kier molecular flexibility index (Phi) is 16.9. The highest BCUT2D eigenvalue weighted by atomic mass is 16.2. The van der Waals surface area contributed by atoms with Crippen LogP contribution in [-0.4, -0.2) is 94.7 Å². The average Bonchev–Trinajstić information content (AvgIpc) is 3.47. The van der Waals surface area contributed by atoms with Crippen molar-refractivity contribution in [3.63, 3.8) is 0 Å². The van der Waals surface area contributed by atoms with Crippen molar-refractivity contribution in [2.24, 2.45) is 11.5 Å². The highest BCUT2D eigenvalue weighted by molar-refractivity contribution is 6.25. The molecule has 4 rings (SSSR count). The Balaban J connectivity index is 1.35. The Bertz CT molecular complexity index is 2440. The van der Waals surface area contributed by atoms with Crippen LogP contribution in [0.25, 0.3) is 11.8 Å². The summed E-state index contributed by atoms with van der Waals surface area (Å²) in [7, 11) is 0. The first-order chi connectivity index (χ1) is 29.5. The molecule has 1 aliphatic heterocycles. The Labute approximate surface area is 359 Å². The van der Waals surface area contributed by atoms with E-state index < -0.39 is 29.7 Å². The molecule has 1 aliphatic rings. The number of anilines is 2. The molecule has 2 heterocycles. The van der Waals surface area contributed by atoms with E-state index in [0.29, 0.717) is 53.6 Å². The fourth-order valence-electron chi connectivity index (χ4n) is 6.98. The predicted octanol–water partition coefficient (Wildman–Crippen LogP) is 1.02. The molecule has 1 aromatic heterocycles. The Morgan fingerprint density at radius 2 is 1.76 bits per heavy atom. The number of aldehydes is 1. The number of benzene rings is 2. The number of H-pyrrole nitrogens is 1. The number of aromatic nitrogens is 1. The monoisotopic (exact) mass is 851 g/mol. The van der Waals surface area contributed by atoms with Gasteiger partial charge in [-0.15, -0.1) is 0 Å². The molecule has 1 atom stereocenters. The summed E-state index contributed by atoms with van der Waals surface area (Å²) in [6, 6.07) is 8.86. The molecule has 330 valence electrons. The van der Waals surface area contributed by atoms with Crippen molar-refractivity contribution in [3.8, 4) is 0 Å². The van der Waals surface area contributed by atoms with E-state index in [1.165, 1.54) is 12.3 Å². The van der Waals surface area contributed by atoms with E-state index >= 15 is 0 Å². The second kappa shape index (κ2) is 22.0. The second-order valence-corrected chi connectivity index (χ2v) is 15.1. The van der Waals surface area contributed by atoms with Gasteiger partial charge in [-0.05, 0) is 101 Å². The first kappa shape index (κ1) is 47.6. The van der Waals surface area contributed by atoms with Crippen LogP contribution in [-0.2, 0) is 20.9 Å². The maximum atomic E-state index is 13.6. The van der Waals surface area contributed by atoms with Crippen LogP contribution < -0.4 is 54.3 Å². The van der Waals surface area contributed by atoms with Crippen molar-refractivity contribution in [1.29, 1.82) is 5.41 Å². The molecule has 0 saturated carbocycles. The van der Waals surface area contributed by atoms with E-state index in [4.69, 9.17) is 16.9 Å². The van der Waals surface area contributed by atoms with Crippen molar-refractivity contribution in [3.05, 3.63) is 103 Å². The SMILES string of the molecule is CCN(CCNNC(=O)CCNc1cccc2c1C(=O)N(C(CCC=O)C(N)=O)C2=O)C(=N)C=CC(C)=c1cc(NC(C)C)c(=CN)c(C(=O)NCc2c(C)cc(C)[nH]c2=O)c1. The van der Waals surface area contributed by atoms with Gasteiger partial charge in [0.2, 0.25) is 11.8 Å². The normalized spacial score (nSPS) is 13.5. The number of aromatic amines is 1. The molecular weight excluding hydrogens is 795 g/mol. The van der Waals surface area contributed by atoms with Crippen molar-refractivity contribution in [1.82, 2.24) is 31.0 Å². The quantitative estimate of drug-likeness (QED) is 0.0182. The Morgan fingerprint density at radius 3 is 2.40 bits per heavy atom. The third-order valence-corrected chi connectivity index (χ3v) is 10.2. The van der Waals surface area contributed by atoms with Crippen LogP contribution in [0.1, 0.15) is 94.9 Å². The minimum Gasteiger partial charge on any atom is -0.404 e. The van der Waals surface area contributed by atoms with Gasteiger partial charge < -0.3 is 42.1 Å². The van der Waals surface area contributed by atoms with Gasteiger partial charge in [-0.1, -0.05) is 12.1 Å². The summed E-state index contributed by atoms with van der Waals surface area (Å²) in [5, 5.41) is 19.2. The standard InChI is InChI=1S/C44H57N11O7/c1-7-54(18-17-50-53-38(57)15-16-48-34-11-8-10-30-39(34)44(62)55(43(30)61)36(40(47)58)12-9-19-56)37(46)14-13-26(4)29-21-31(32(23-45)35(22-29)51-25(2)3)41(59)49-24-33-27(5)20-28(6)52-42(33)60/h8,10-11,13-14,19-23,25,36,46,48,50-51H,7,9,12,15-18,24,45H2,1-6H3,(H2,47,58)(H,49,59)(H,52,60)(H,53,57). The number of nitrogens with zero attached hydrogens (tertiary/aromatic N) is 2. The second-order valence-electron chi connectivity index (χ2n) is 15.1. The number of amides is 5. The van der Waals surface area contributed by atoms with Gasteiger partial charge in [-0.3, -0.25) is 44.5 Å². The van der Waals surface area contributed by atoms with Crippen molar-refractivity contribution in [2.45, 2.75) is 79.4 Å². The minimum atomic E-state index is -1.27. The fraction of sp³-hybridized carbons (Fsp3) is 0.364. The molecular formula is C44H57N11O7. The molecule has 2 aromatic carbocycles. The number of hydrazine groups is 1. The van der Waals surface area contributed by atoms with Crippen molar-refractivity contribution in [2.75, 3.05) is 36.8 Å². The number of hydrogen-bond acceptors (Lipinski definition) is 12. The number of nitrogens with one attached hydrogen (secondary N) is 7. The Morgan fingerprint density at radius 1 is 1.02 bits per heavy atom. The molecule has 11 N–H and O–H groups in total. The maximum absolute atomic E-state index is 13.6. The van der Waals surface area contributed by atoms with E-state index in [1.54, 1.807) is 42.2 Å². The zero-order chi connectivity index (χ0) is 45.7. The molecule has 0 aliphatic carbocycles. The lowest BCUT2D eigenvalue weighted by Crippen LogP contribution is -2.47. The van der Waals surface area contributed by atoms with Gasteiger partial charge in [-0.25, -0.2) is 5.43 Å². The number of pyridine rings is 1. The van der Waals surface area contributed by atoms with Gasteiger partial charge in [0, 0.05) is 85.7 Å². The number of primary amides is 1. The first-order valence-electron chi connectivity index (χ1n) is 20.3. The summed E-state index contributed by atoms with van der Waals surface area (Å²) in [5.74, 6) is -2.83. The average molecular weight is 852 g/mol. The maximum Gasteiger partial charge on any atom is 0.264 e. The van der Waals surface area contributed by atoms with E-state index in [9.17, 15) is 33.6 Å². The number of hydrogen-bond donors (Lipinski definition) is 9. The van der Waals surface area contributed by atoms with Crippen LogP contribution in [0.4, 0.5) is 11.4 Å². The topological polar surface area (TPSA) is 278 Å². The number of rotatable bonds is 21. The predicted molar refractivity (Wildman–Crippen MR) is 238 cm³/mol. The van der Waals surface area contributed by atoms with Crippen molar-refractivity contribution >= 4 is 64.8 Å². The molecule has 0 bridgehead atoms. The minimum absolute atomic E-state index is 0.00518. The number of likely N-dealkylation sites (N-methyl/N-ethyl adjacent to an activating group) is 1. The highest BCUT2D eigenvalue weighted by Gasteiger charge is 2.43. The van der Waals surface area contributed by atoms with Gasteiger partial charge in [0.05, 0.1) is 16.7 Å². The number of allylic oxidation sites excluding steroid dienone is 1. The molecule has 0 saturated heterocycles. The Hall–Kier alpha value is -7.08. The zero-order valence-corrected chi connectivity index (χ0v) is 36.0. The van der Waals surface area contributed by atoms with Crippen LogP contribution in [0, 0.1) is 19.3 Å². The number of carbonyl (C=O) groups excluding carboxylic acids is 6. The molecule has 62 heavy (non-hydrogen) atoms. The van der Waals surface area contributed by atoms with Gasteiger partial charge >= 0.3 is 0 Å². The van der Waals surface area contributed by atoms with E-state index in [2.05, 4.69) is 31.8 Å². The first-order valence-corrected chi connectivity index (χ1v) is 20.3. The smallest absolute Gasteiger partial charge is 0.264 e. The molecule has 3 aromatic rings. The fourth-order valence-corrected chi connectivity index (χ4v) is 6.98. The summed E-state index contributed by atoms with van der Waals surface area (Å²) in [5.41, 5.74) is 20.9. The van der Waals surface area contributed by atoms with Gasteiger partial charge in [0.15, 0.2) is 0 Å². The lowest BCUT2D eigenvalue weighted by molar-refractivity contribution is -0.122. The number of amidine groups is 1. The molecule has 0 spiro atoms. The lowest BCUT2D eigenvalue weighted by Gasteiger charge is -2.22. The van der Waals surface area contributed by atoms with E-state index in [-0.39, 0.29) is 66.8 Å². The third kappa shape index (κ3) is 11.8. The number of imide groups is 1. The van der Waals surface area contributed by atoms with Crippen LogP contribution in [0.2, 0.25) is 0 Å². The molecule has 18 heteroatoms. The number of aryl methyl sites for hydroxylation is 2. The van der Waals surface area contributed by atoms with Gasteiger partial charge in [0.1, 0.15) is 18.2 Å². The van der Waals surface area contributed by atoms with Crippen LogP contribution in [0.5, 0.6) is 0 Å². The summed E-state index contributed by atoms with van der Waals surface area (Å²) >= 11 is 0. The number of nitrogens with two attached hydrogens (primary N) is 2. The lowest BCUT2D eigenvalue weighted by atomic mass is 10.0. The van der Waals surface area contributed by atoms with Crippen LogP contribution >= 0.6 is 0 Å². The van der Waals surface area contributed by atoms with E-state index in [1.807, 2.05) is 46.8 Å². The number of carbonyl (C=O) groups is 6. The molecule has 18 nitrogen and oxygen atoms in total. The third-order valence-electron chi connectivity index (χ3n) is 10.2. The molecule has 0 fully saturated rings. The summed E-state index contributed by atoms with van der Waals surface area (Å²) in [6.45, 7) is 12.7. The molecule has 1 unspecified atom stereocenters. The van der Waals surface area contributed by atoms with Crippen LogP contribution in [0.3, 0.4) is 0 Å². The summed E-state index contributed by atoms with van der Waals surface area (Å²) in [4.78, 5) is 93.5.